The Balaban J connectivity index is 1.75. The van der Waals surface area contributed by atoms with E-state index in [0.717, 1.165) is 24.9 Å². The molecule has 3 nitrogen and oxygen atoms in total. The van der Waals surface area contributed by atoms with Crippen molar-refractivity contribution in [1.29, 1.82) is 0 Å². The van der Waals surface area contributed by atoms with E-state index in [4.69, 9.17) is 0 Å². The Morgan fingerprint density at radius 2 is 2.10 bits per heavy atom. The van der Waals surface area contributed by atoms with Crippen LogP contribution in [0.25, 0.3) is 0 Å². The van der Waals surface area contributed by atoms with Gasteiger partial charge in [0.15, 0.2) is 0 Å². The van der Waals surface area contributed by atoms with Crippen LogP contribution in [0.15, 0.2) is 48.8 Å². The van der Waals surface area contributed by atoms with E-state index in [-0.39, 0.29) is 6.04 Å². The highest BCUT2D eigenvalue weighted by molar-refractivity contribution is 5.32. The van der Waals surface area contributed by atoms with Gasteiger partial charge in [-0.2, -0.15) is 0 Å². The Morgan fingerprint density at radius 3 is 2.90 bits per heavy atom. The average molecular weight is 268 g/mol. The topological polar surface area (TPSA) is 36.4 Å². The van der Waals surface area contributed by atoms with E-state index >= 15 is 0 Å². The first kappa shape index (κ1) is 13.3. The lowest BCUT2D eigenvalue weighted by molar-refractivity contribution is 0.0462. The largest absolute Gasteiger partial charge is 0.387 e. The molecular formula is C17H20N2O. The zero-order chi connectivity index (χ0) is 13.9. The average Bonchev–Trinajstić information content (AvgIpc) is 2.49. The first-order valence-electron chi connectivity index (χ1n) is 7.10. The van der Waals surface area contributed by atoms with Crippen LogP contribution in [0, 0.1) is 0 Å². The molecule has 104 valence electrons. The Labute approximate surface area is 119 Å². The second-order valence-corrected chi connectivity index (χ2v) is 5.53. The number of aromatic nitrogens is 1. The molecule has 0 saturated carbocycles. The molecule has 0 spiro atoms. The van der Waals surface area contributed by atoms with Crippen molar-refractivity contribution < 1.29 is 5.11 Å². The van der Waals surface area contributed by atoms with Crippen molar-refractivity contribution in [2.75, 3.05) is 7.05 Å². The smallest absolute Gasteiger partial charge is 0.0947 e. The van der Waals surface area contributed by atoms with Crippen molar-refractivity contribution in [2.24, 2.45) is 0 Å². The lowest BCUT2D eigenvalue weighted by atomic mass is 9.85. The molecule has 3 heteroatoms. The van der Waals surface area contributed by atoms with Gasteiger partial charge in [0.25, 0.3) is 0 Å². The number of nitrogens with zero attached hydrogens (tertiary/aromatic N) is 2. The van der Waals surface area contributed by atoms with E-state index < -0.39 is 6.10 Å². The summed E-state index contributed by atoms with van der Waals surface area (Å²) >= 11 is 0. The van der Waals surface area contributed by atoms with E-state index in [2.05, 4.69) is 29.1 Å². The van der Waals surface area contributed by atoms with Gasteiger partial charge in [0.05, 0.1) is 6.10 Å². The molecule has 0 amide bonds. The molecule has 0 fully saturated rings. The number of aliphatic hydroxyl groups is 1. The number of fused-ring (bicyclic) bond motifs is 1. The zero-order valence-corrected chi connectivity index (χ0v) is 11.7. The molecule has 0 saturated heterocycles. The van der Waals surface area contributed by atoms with Crippen LogP contribution in [-0.4, -0.2) is 28.1 Å². The zero-order valence-electron chi connectivity index (χ0n) is 11.7. The third kappa shape index (κ3) is 2.60. The molecule has 1 aromatic heterocycles. The number of rotatable bonds is 3. The standard InChI is InChI=1S/C17H20N2O/c1-19(12-13-5-4-10-18-11-13)16-9-8-14-6-2-3-7-15(14)17(16)20/h2-7,10-11,16-17,20H,8-9,12H2,1H3. The predicted molar refractivity (Wildman–Crippen MR) is 79.2 cm³/mol. The van der Waals surface area contributed by atoms with Gasteiger partial charge < -0.3 is 5.11 Å². The van der Waals surface area contributed by atoms with E-state index in [1.807, 2.05) is 30.5 Å². The second-order valence-electron chi connectivity index (χ2n) is 5.53. The molecule has 2 unspecified atom stereocenters. The maximum atomic E-state index is 10.6. The number of aryl methyl sites for hydroxylation is 1. The lowest BCUT2D eigenvalue weighted by Crippen LogP contribution is -2.39. The highest BCUT2D eigenvalue weighted by Gasteiger charge is 2.30. The van der Waals surface area contributed by atoms with Crippen molar-refractivity contribution in [3.63, 3.8) is 0 Å². The summed E-state index contributed by atoms with van der Waals surface area (Å²) in [5.74, 6) is 0. The van der Waals surface area contributed by atoms with Crippen LogP contribution in [0.3, 0.4) is 0 Å². The first-order chi connectivity index (χ1) is 9.75. The Bertz CT molecular complexity index is 570. The minimum absolute atomic E-state index is 0.171. The molecular weight excluding hydrogens is 248 g/mol. The summed E-state index contributed by atoms with van der Waals surface area (Å²) in [5.41, 5.74) is 3.55. The molecule has 0 aliphatic heterocycles. The Hall–Kier alpha value is -1.71. The van der Waals surface area contributed by atoms with E-state index in [1.165, 1.54) is 11.1 Å². The van der Waals surface area contributed by atoms with Crippen molar-refractivity contribution in [1.82, 2.24) is 9.88 Å². The van der Waals surface area contributed by atoms with Crippen molar-refractivity contribution in [3.05, 3.63) is 65.5 Å². The number of hydrogen-bond donors (Lipinski definition) is 1. The summed E-state index contributed by atoms with van der Waals surface area (Å²) in [6, 6.07) is 12.4. The van der Waals surface area contributed by atoms with Gasteiger partial charge in [0.1, 0.15) is 0 Å². The molecule has 2 aromatic rings. The fourth-order valence-corrected chi connectivity index (χ4v) is 3.08. The molecule has 20 heavy (non-hydrogen) atoms. The molecule has 0 bridgehead atoms. The minimum Gasteiger partial charge on any atom is -0.387 e. The SMILES string of the molecule is CN(Cc1cccnc1)C1CCc2ccccc2C1O. The van der Waals surface area contributed by atoms with E-state index in [9.17, 15) is 5.11 Å². The number of pyridine rings is 1. The van der Waals surface area contributed by atoms with Gasteiger partial charge in [-0.25, -0.2) is 0 Å². The molecule has 1 aliphatic carbocycles. The monoisotopic (exact) mass is 268 g/mol. The summed E-state index contributed by atoms with van der Waals surface area (Å²) in [4.78, 5) is 6.38. The summed E-state index contributed by atoms with van der Waals surface area (Å²) in [5, 5.41) is 10.6. The summed E-state index contributed by atoms with van der Waals surface area (Å²) in [6.07, 6.45) is 5.31. The first-order valence-corrected chi connectivity index (χ1v) is 7.10. The summed E-state index contributed by atoms with van der Waals surface area (Å²) < 4.78 is 0. The van der Waals surface area contributed by atoms with Crippen LogP contribution in [0.2, 0.25) is 0 Å². The molecule has 3 rings (SSSR count). The van der Waals surface area contributed by atoms with Gasteiger partial charge in [0, 0.05) is 25.0 Å². The van der Waals surface area contributed by atoms with Gasteiger partial charge in [-0.05, 0) is 42.6 Å². The van der Waals surface area contributed by atoms with Crippen LogP contribution < -0.4 is 0 Å². The van der Waals surface area contributed by atoms with Gasteiger partial charge >= 0.3 is 0 Å². The second kappa shape index (κ2) is 5.73. The van der Waals surface area contributed by atoms with Crippen LogP contribution in [0.4, 0.5) is 0 Å². The van der Waals surface area contributed by atoms with Crippen LogP contribution in [-0.2, 0) is 13.0 Å². The molecule has 1 heterocycles. The third-order valence-corrected chi connectivity index (χ3v) is 4.17. The number of hydrogen-bond acceptors (Lipinski definition) is 3. The third-order valence-electron chi connectivity index (χ3n) is 4.17. The van der Waals surface area contributed by atoms with Gasteiger partial charge in [0.2, 0.25) is 0 Å². The summed E-state index contributed by atoms with van der Waals surface area (Å²) in [6.45, 7) is 0.817. The maximum Gasteiger partial charge on any atom is 0.0947 e. The fourth-order valence-electron chi connectivity index (χ4n) is 3.08. The van der Waals surface area contributed by atoms with Crippen molar-refractivity contribution in [3.8, 4) is 0 Å². The van der Waals surface area contributed by atoms with Crippen molar-refractivity contribution >= 4 is 0 Å². The summed E-state index contributed by atoms with van der Waals surface area (Å²) in [7, 11) is 2.08. The number of likely N-dealkylation sites (N-methyl/N-ethyl adjacent to an activating group) is 1. The van der Waals surface area contributed by atoms with Gasteiger partial charge in [-0.15, -0.1) is 0 Å². The number of benzene rings is 1. The van der Waals surface area contributed by atoms with E-state index in [0.29, 0.717) is 0 Å². The highest BCUT2D eigenvalue weighted by atomic mass is 16.3. The minimum atomic E-state index is -0.401. The molecule has 0 radical (unpaired) electrons. The predicted octanol–water partition coefficient (Wildman–Crippen LogP) is 2.56. The van der Waals surface area contributed by atoms with Crippen LogP contribution in [0.1, 0.15) is 29.2 Å². The van der Waals surface area contributed by atoms with E-state index in [1.54, 1.807) is 6.20 Å². The number of aliphatic hydroxyl groups excluding tert-OH is 1. The van der Waals surface area contributed by atoms with Gasteiger partial charge in [-0.1, -0.05) is 30.3 Å². The highest BCUT2D eigenvalue weighted by Crippen LogP contribution is 2.32. The van der Waals surface area contributed by atoms with Gasteiger partial charge in [-0.3, -0.25) is 9.88 Å². The lowest BCUT2D eigenvalue weighted by Gasteiger charge is -2.36. The quantitative estimate of drug-likeness (QED) is 0.929. The molecule has 1 aromatic carbocycles. The Morgan fingerprint density at radius 1 is 1.25 bits per heavy atom. The van der Waals surface area contributed by atoms with Crippen molar-refractivity contribution in [2.45, 2.75) is 31.5 Å². The molecule has 1 N–H and O–H groups in total. The normalized spacial score (nSPS) is 21.8. The molecule has 1 aliphatic rings. The molecule has 2 atom stereocenters. The van der Waals surface area contributed by atoms with Crippen LogP contribution >= 0.6 is 0 Å². The Kier molecular flexibility index (Phi) is 3.81. The fraction of sp³-hybridized carbons (Fsp3) is 0.353. The van der Waals surface area contributed by atoms with Crippen LogP contribution in [0.5, 0.6) is 0 Å². The maximum absolute atomic E-state index is 10.6.